The quantitative estimate of drug-likeness (QED) is 0.776. The second-order valence-corrected chi connectivity index (χ2v) is 7.45. The molecule has 0 bridgehead atoms. The fourth-order valence-corrected chi connectivity index (χ4v) is 2.66. The van der Waals surface area contributed by atoms with Crippen LogP contribution in [0.5, 0.6) is 17.4 Å². The summed E-state index contributed by atoms with van der Waals surface area (Å²) in [5.41, 5.74) is -0.527. The van der Waals surface area contributed by atoms with Gasteiger partial charge in [-0.15, -0.1) is 0 Å². The number of morpholine rings is 1. The first kappa shape index (κ1) is 19.9. The Balaban J connectivity index is 1.57. The van der Waals surface area contributed by atoms with E-state index in [2.05, 4.69) is 4.98 Å². The molecule has 1 aliphatic rings. The summed E-state index contributed by atoms with van der Waals surface area (Å²) in [7, 11) is 0. The zero-order valence-corrected chi connectivity index (χ0v) is 16.5. The van der Waals surface area contributed by atoms with Crippen LogP contribution < -0.4 is 9.47 Å². The second-order valence-electron chi connectivity index (χ2n) is 7.45. The molecule has 1 aromatic heterocycles. The van der Waals surface area contributed by atoms with Crippen LogP contribution in [0.15, 0.2) is 48.7 Å². The number of hydrogen-bond donors (Lipinski definition) is 0. The van der Waals surface area contributed by atoms with Gasteiger partial charge >= 0.3 is 6.09 Å². The van der Waals surface area contributed by atoms with Gasteiger partial charge < -0.3 is 23.8 Å². The molecule has 1 fully saturated rings. The van der Waals surface area contributed by atoms with Crippen molar-refractivity contribution in [3.63, 3.8) is 0 Å². The van der Waals surface area contributed by atoms with Crippen molar-refractivity contribution in [3.8, 4) is 17.4 Å². The Kier molecular flexibility index (Phi) is 6.36. The van der Waals surface area contributed by atoms with Crippen LogP contribution in [0.4, 0.5) is 4.79 Å². The summed E-state index contributed by atoms with van der Waals surface area (Å²) in [5.74, 6) is 1.58. The highest BCUT2D eigenvalue weighted by atomic mass is 16.6. The molecule has 0 radical (unpaired) electrons. The van der Waals surface area contributed by atoms with Crippen molar-refractivity contribution >= 4 is 6.09 Å². The summed E-state index contributed by atoms with van der Waals surface area (Å²) < 4.78 is 22.9. The number of rotatable bonds is 5. The monoisotopic (exact) mass is 386 g/mol. The number of carbonyl (C=O) groups is 1. The number of amides is 1. The molecule has 0 spiro atoms. The summed E-state index contributed by atoms with van der Waals surface area (Å²) >= 11 is 0. The maximum Gasteiger partial charge on any atom is 0.410 e. The number of para-hydroxylation sites is 1. The Morgan fingerprint density at radius 2 is 2.00 bits per heavy atom. The predicted octanol–water partition coefficient (Wildman–Crippen LogP) is 3.89. The third-order valence-corrected chi connectivity index (χ3v) is 3.91. The fraction of sp³-hybridized carbons (Fsp3) is 0.429. The molecule has 7 nitrogen and oxygen atoms in total. The lowest BCUT2D eigenvalue weighted by molar-refractivity contribution is -0.0559. The van der Waals surface area contributed by atoms with E-state index in [1.807, 2.05) is 51.1 Å². The van der Waals surface area contributed by atoms with E-state index in [4.69, 9.17) is 18.9 Å². The van der Waals surface area contributed by atoms with Crippen molar-refractivity contribution < 1.29 is 23.7 Å². The van der Waals surface area contributed by atoms with Gasteiger partial charge in [0.2, 0.25) is 0 Å². The zero-order valence-electron chi connectivity index (χ0n) is 16.5. The Hall–Kier alpha value is -2.80. The molecule has 3 rings (SSSR count). The van der Waals surface area contributed by atoms with E-state index < -0.39 is 5.60 Å². The molecule has 0 aliphatic carbocycles. The number of nitrogens with zero attached hydrogens (tertiary/aromatic N) is 2. The van der Waals surface area contributed by atoms with Gasteiger partial charge in [0.05, 0.1) is 13.2 Å². The first-order valence-electron chi connectivity index (χ1n) is 9.31. The van der Waals surface area contributed by atoms with Gasteiger partial charge in [-0.25, -0.2) is 9.78 Å². The normalized spacial score (nSPS) is 17.1. The van der Waals surface area contributed by atoms with Crippen LogP contribution in [0.3, 0.4) is 0 Å². The van der Waals surface area contributed by atoms with Crippen molar-refractivity contribution in [1.29, 1.82) is 0 Å². The van der Waals surface area contributed by atoms with Gasteiger partial charge in [-0.1, -0.05) is 18.2 Å². The van der Waals surface area contributed by atoms with Gasteiger partial charge in [0.15, 0.2) is 5.75 Å². The number of carbonyl (C=O) groups excluding carboxylic acids is 1. The van der Waals surface area contributed by atoms with Crippen molar-refractivity contribution in [3.05, 3.63) is 48.7 Å². The third-order valence-electron chi connectivity index (χ3n) is 3.91. The minimum absolute atomic E-state index is 0.258. The molecule has 2 heterocycles. The maximum atomic E-state index is 12.3. The smallest absolute Gasteiger partial charge is 0.410 e. The van der Waals surface area contributed by atoms with Gasteiger partial charge in [0.1, 0.15) is 24.1 Å². The van der Waals surface area contributed by atoms with Gasteiger partial charge in [0, 0.05) is 12.7 Å². The van der Waals surface area contributed by atoms with Crippen molar-refractivity contribution in [1.82, 2.24) is 9.88 Å². The summed E-state index contributed by atoms with van der Waals surface area (Å²) in [4.78, 5) is 18.2. The van der Waals surface area contributed by atoms with E-state index in [9.17, 15) is 4.79 Å². The van der Waals surface area contributed by atoms with Crippen molar-refractivity contribution in [2.45, 2.75) is 32.5 Å². The van der Waals surface area contributed by atoms with Crippen LogP contribution in [0.1, 0.15) is 20.8 Å². The van der Waals surface area contributed by atoms with E-state index in [1.165, 1.54) is 0 Å². The van der Waals surface area contributed by atoms with E-state index in [-0.39, 0.29) is 18.8 Å². The minimum atomic E-state index is -0.527. The Morgan fingerprint density at radius 3 is 2.75 bits per heavy atom. The molecule has 1 aliphatic heterocycles. The number of ether oxygens (including phenoxy) is 4. The standard InChI is InChI=1S/C21H26N2O5/c1-21(2,3)28-20(24)23-12-13-25-17(14-23)15-26-18-10-7-11-22-19(18)27-16-8-5-4-6-9-16/h4-11,17H,12-15H2,1-3H3/t17-/m0/s1. The molecule has 1 atom stereocenters. The molecule has 2 aromatic rings. The molecular weight excluding hydrogens is 360 g/mol. The zero-order chi connectivity index (χ0) is 20.0. The van der Waals surface area contributed by atoms with Crippen molar-refractivity contribution in [2.75, 3.05) is 26.3 Å². The first-order valence-corrected chi connectivity index (χ1v) is 9.31. The number of aromatic nitrogens is 1. The largest absolute Gasteiger partial charge is 0.485 e. The second kappa shape index (κ2) is 8.93. The van der Waals surface area contributed by atoms with E-state index in [1.54, 1.807) is 23.2 Å². The summed E-state index contributed by atoms with van der Waals surface area (Å²) in [5, 5.41) is 0. The lowest BCUT2D eigenvalue weighted by Gasteiger charge is -2.34. The molecule has 0 saturated carbocycles. The predicted molar refractivity (Wildman–Crippen MR) is 104 cm³/mol. The van der Waals surface area contributed by atoms with Gasteiger partial charge in [-0.2, -0.15) is 0 Å². The Morgan fingerprint density at radius 1 is 1.21 bits per heavy atom. The summed E-state index contributed by atoms with van der Waals surface area (Å²) in [6, 6.07) is 13.0. The molecule has 28 heavy (non-hydrogen) atoms. The number of pyridine rings is 1. The molecule has 1 amide bonds. The van der Waals surface area contributed by atoms with Crippen LogP contribution in [-0.2, 0) is 9.47 Å². The summed E-state index contributed by atoms with van der Waals surface area (Å²) in [6.07, 6.45) is 1.05. The van der Waals surface area contributed by atoms with E-state index >= 15 is 0 Å². The molecule has 1 aromatic carbocycles. The Bertz CT molecular complexity index is 776. The molecule has 150 valence electrons. The molecule has 0 unspecified atom stereocenters. The average Bonchev–Trinajstić information content (AvgIpc) is 2.67. The first-order chi connectivity index (χ1) is 13.4. The lowest BCUT2D eigenvalue weighted by Crippen LogP contribution is -2.49. The third kappa shape index (κ3) is 5.85. The topological polar surface area (TPSA) is 70.1 Å². The van der Waals surface area contributed by atoms with Gasteiger partial charge in [-0.05, 0) is 45.0 Å². The molecule has 0 N–H and O–H groups in total. The van der Waals surface area contributed by atoms with Crippen LogP contribution in [-0.4, -0.2) is 54.0 Å². The molecule has 7 heteroatoms. The fourth-order valence-electron chi connectivity index (χ4n) is 2.66. The lowest BCUT2D eigenvalue weighted by atomic mass is 10.2. The van der Waals surface area contributed by atoms with Gasteiger partial charge in [0.25, 0.3) is 5.88 Å². The number of benzene rings is 1. The number of hydrogen-bond acceptors (Lipinski definition) is 6. The van der Waals surface area contributed by atoms with E-state index in [0.29, 0.717) is 37.1 Å². The highest BCUT2D eigenvalue weighted by Gasteiger charge is 2.28. The highest BCUT2D eigenvalue weighted by Crippen LogP contribution is 2.29. The Labute approximate surface area is 165 Å². The minimum Gasteiger partial charge on any atom is -0.485 e. The van der Waals surface area contributed by atoms with Crippen molar-refractivity contribution in [2.24, 2.45) is 0 Å². The molecular formula is C21H26N2O5. The van der Waals surface area contributed by atoms with Crippen LogP contribution in [0.25, 0.3) is 0 Å². The SMILES string of the molecule is CC(C)(C)OC(=O)N1CCO[C@H](COc2cccnc2Oc2ccccc2)C1. The summed E-state index contributed by atoms with van der Waals surface area (Å²) in [6.45, 7) is 7.17. The maximum absolute atomic E-state index is 12.3. The van der Waals surface area contributed by atoms with Crippen LogP contribution in [0.2, 0.25) is 0 Å². The van der Waals surface area contributed by atoms with E-state index in [0.717, 1.165) is 0 Å². The highest BCUT2D eigenvalue weighted by molar-refractivity contribution is 5.68. The van der Waals surface area contributed by atoms with Crippen LogP contribution >= 0.6 is 0 Å². The molecule has 1 saturated heterocycles. The average molecular weight is 386 g/mol. The van der Waals surface area contributed by atoms with Crippen LogP contribution in [0, 0.1) is 0 Å². The van der Waals surface area contributed by atoms with Gasteiger partial charge in [-0.3, -0.25) is 0 Å².